The number of likely N-dealkylation sites (N-methyl/N-ethyl adjacent to an activating group) is 1. The fourth-order valence-corrected chi connectivity index (χ4v) is 2.57. The SMILES string of the molecule is CCNCCc1ccccc1COc1cc(Br)ccc1C. The lowest BCUT2D eigenvalue weighted by Crippen LogP contribution is -2.17. The van der Waals surface area contributed by atoms with Crippen molar-refractivity contribution in [1.29, 1.82) is 0 Å². The van der Waals surface area contributed by atoms with Gasteiger partial charge in [0, 0.05) is 4.47 Å². The van der Waals surface area contributed by atoms with Gasteiger partial charge in [-0.1, -0.05) is 53.2 Å². The molecule has 0 fully saturated rings. The molecule has 0 saturated heterocycles. The minimum Gasteiger partial charge on any atom is -0.489 e. The molecule has 112 valence electrons. The molecule has 0 aliphatic heterocycles. The van der Waals surface area contributed by atoms with E-state index in [2.05, 4.69) is 65.4 Å². The molecule has 0 amide bonds. The first kappa shape index (κ1) is 16.1. The van der Waals surface area contributed by atoms with E-state index in [1.54, 1.807) is 0 Å². The highest BCUT2D eigenvalue weighted by atomic mass is 79.9. The highest BCUT2D eigenvalue weighted by Gasteiger charge is 2.05. The maximum atomic E-state index is 6.00. The van der Waals surface area contributed by atoms with Crippen LogP contribution < -0.4 is 10.1 Å². The third-order valence-corrected chi connectivity index (χ3v) is 3.97. The molecule has 0 saturated carbocycles. The lowest BCUT2D eigenvalue weighted by atomic mass is 10.1. The van der Waals surface area contributed by atoms with Crippen molar-refractivity contribution >= 4 is 15.9 Å². The van der Waals surface area contributed by atoms with Crippen LogP contribution in [0.25, 0.3) is 0 Å². The molecule has 0 bridgehead atoms. The van der Waals surface area contributed by atoms with Gasteiger partial charge in [0.2, 0.25) is 0 Å². The maximum Gasteiger partial charge on any atom is 0.123 e. The van der Waals surface area contributed by atoms with Gasteiger partial charge in [-0.3, -0.25) is 0 Å². The predicted molar refractivity (Wildman–Crippen MR) is 91.9 cm³/mol. The van der Waals surface area contributed by atoms with Crippen LogP contribution in [0, 0.1) is 6.92 Å². The van der Waals surface area contributed by atoms with E-state index >= 15 is 0 Å². The van der Waals surface area contributed by atoms with E-state index in [0.29, 0.717) is 6.61 Å². The molecule has 2 nitrogen and oxygen atoms in total. The Bertz CT molecular complexity index is 583. The van der Waals surface area contributed by atoms with Gasteiger partial charge in [-0.05, 0) is 55.3 Å². The van der Waals surface area contributed by atoms with E-state index < -0.39 is 0 Å². The van der Waals surface area contributed by atoms with Gasteiger partial charge in [0.25, 0.3) is 0 Å². The van der Waals surface area contributed by atoms with Crippen molar-refractivity contribution in [3.05, 3.63) is 63.6 Å². The van der Waals surface area contributed by atoms with E-state index in [0.717, 1.165) is 35.3 Å². The number of aryl methyl sites for hydroxylation is 1. The van der Waals surface area contributed by atoms with E-state index in [-0.39, 0.29) is 0 Å². The van der Waals surface area contributed by atoms with Crippen molar-refractivity contribution < 1.29 is 4.74 Å². The van der Waals surface area contributed by atoms with Crippen molar-refractivity contribution in [2.45, 2.75) is 26.9 Å². The number of hydrogen-bond donors (Lipinski definition) is 1. The van der Waals surface area contributed by atoms with Gasteiger partial charge in [0.05, 0.1) is 0 Å². The Morgan fingerprint density at radius 1 is 1.10 bits per heavy atom. The summed E-state index contributed by atoms with van der Waals surface area (Å²) in [6.07, 6.45) is 1.03. The first-order chi connectivity index (χ1) is 10.2. The Kier molecular flexibility index (Phi) is 6.27. The van der Waals surface area contributed by atoms with Crippen molar-refractivity contribution in [3.8, 4) is 5.75 Å². The molecule has 1 N–H and O–H groups in total. The average Bonchev–Trinajstić information content (AvgIpc) is 2.49. The molecule has 0 aliphatic carbocycles. The molecule has 0 aromatic heterocycles. The molecule has 2 rings (SSSR count). The quantitative estimate of drug-likeness (QED) is 0.745. The summed E-state index contributed by atoms with van der Waals surface area (Å²) in [5.74, 6) is 0.936. The van der Waals surface area contributed by atoms with Gasteiger partial charge < -0.3 is 10.1 Å². The Morgan fingerprint density at radius 2 is 1.86 bits per heavy atom. The van der Waals surface area contributed by atoms with Crippen molar-refractivity contribution in [3.63, 3.8) is 0 Å². The number of halogens is 1. The molecule has 0 spiro atoms. The summed E-state index contributed by atoms with van der Waals surface area (Å²) >= 11 is 3.49. The number of rotatable bonds is 7. The van der Waals surface area contributed by atoms with E-state index in [9.17, 15) is 0 Å². The fraction of sp³-hybridized carbons (Fsp3) is 0.333. The van der Waals surface area contributed by atoms with Crippen LogP contribution in [0.1, 0.15) is 23.6 Å². The second-order valence-corrected chi connectivity index (χ2v) is 5.99. The number of nitrogens with one attached hydrogen (secondary N) is 1. The van der Waals surface area contributed by atoms with Crippen molar-refractivity contribution in [2.75, 3.05) is 13.1 Å². The minimum atomic E-state index is 0.611. The van der Waals surface area contributed by atoms with E-state index in [1.807, 2.05) is 12.1 Å². The smallest absolute Gasteiger partial charge is 0.123 e. The van der Waals surface area contributed by atoms with Crippen LogP contribution in [-0.4, -0.2) is 13.1 Å². The molecule has 0 atom stereocenters. The standard InChI is InChI=1S/C18H22BrNO/c1-3-20-11-10-15-6-4-5-7-16(15)13-21-18-12-17(19)9-8-14(18)2/h4-9,12,20H,3,10-11,13H2,1-2H3. The molecule has 0 heterocycles. The summed E-state index contributed by atoms with van der Waals surface area (Å²) in [5.41, 5.74) is 3.77. The molecular weight excluding hydrogens is 326 g/mol. The van der Waals surface area contributed by atoms with Crippen LogP contribution in [-0.2, 0) is 13.0 Å². The molecule has 0 aliphatic rings. The monoisotopic (exact) mass is 347 g/mol. The number of ether oxygens (including phenoxy) is 1. The van der Waals surface area contributed by atoms with Gasteiger partial charge in [-0.15, -0.1) is 0 Å². The number of benzene rings is 2. The van der Waals surface area contributed by atoms with Crippen molar-refractivity contribution in [1.82, 2.24) is 5.32 Å². The summed E-state index contributed by atoms with van der Waals surface area (Å²) < 4.78 is 7.05. The summed E-state index contributed by atoms with van der Waals surface area (Å²) in [7, 11) is 0. The minimum absolute atomic E-state index is 0.611. The third kappa shape index (κ3) is 4.87. The highest BCUT2D eigenvalue weighted by Crippen LogP contribution is 2.24. The highest BCUT2D eigenvalue weighted by molar-refractivity contribution is 9.10. The topological polar surface area (TPSA) is 21.3 Å². The Morgan fingerprint density at radius 3 is 2.62 bits per heavy atom. The van der Waals surface area contributed by atoms with Gasteiger partial charge in [-0.25, -0.2) is 0 Å². The van der Waals surface area contributed by atoms with Crippen LogP contribution in [0.15, 0.2) is 46.9 Å². The molecule has 0 unspecified atom stereocenters. The van der Waals surface area contributed by atoms with Gasteiger partial charge in [0.15, 0.2) is 0 Å². The third-order valence-electron chi connectivity index (χ3n) is 3.47. The number of hydrogen-bond acceptors (Lipinski definition) is 2. The van der Waals surface area contributed by atoms with Crippen molar-refractivity contribution in [2.24, 2.45) is 0 Å². The van der Waals surface area contributed by atoms with Gasteiger partial charge in [0.1, 0.15) is 12.4 Å². The molecule has 3 heteroatoms. The predicted octanol–water partition coefficient (Wildman–Crippen LogP) is 4.49. The lowest BCUT2D eigenvalue weighted by Gasteiger charge is -2.13. The van der Waals surface area contributed by atoms with Crippen LogP contribution in [0.2, 0.25) is 0 Å². The summed E-state index contributed by atoms with van der Waals surface area (Å²) in [4.78, 5) is 0. The molecule has 21 heavy (non-hydrogen) atoms. The molecular formula is C18H22BrNO. The molecule has 0 radical (unpaired) electrons. The largest absolute Gasteiger partial charge is 0.489 e. The summed E-state index contributed by atoms with van der Waals surface area (Å²) in [6, 6.07) is 14.6. The van der Waals surface area contributed by atoms with Crippen LogP contribution in [0.5, 0.6) is 5.75 Å². The normalized spacial score (nSPS) is 10.6. The first-order valence-electron chi connectivity index (χ1n) is 7.37. The van der Waals surface area contributed by atoms with Crippen LogP contribution in [0.3, 0.4) is 0 Å². The van der Waals surface area contributed by atoms with Crippen LogP contribution in [0.4, 0.5) is 0 Å². The second kappa shape index (κ2) is 8.20. The zero-order chi connectivity index (χ0) is 15.1. The zero-order valence-corrected chi connectivity index (χ0v) is 14.2. The molecule has 2 aromatic carbocycles. The first-order valence-corrected chi connectivity index (χ1v) is 8.16. The van der Waals surface area contributed by atoms with Gasteiger partial charge in [-0.2, -0.15) is 0 Å². The van der Waals surface area contributed by atoms with E-state index in [1.165, 1.54) is 11.1 Å². The molecule has 2 aromatic rings. The maximum absolute atomic E-state index is 6.00. The summed E-state index contributed by atoms with van der Waals surface area (Å²) in [6.45, 7) is 6.82. The Labute approximate surface area is 135 Å². The average molecular weight is 348 g/mol. The van der Waals surface area contributed by atoms with E-state index in [4.69, 9.17) is 4.74 Å². The zero-order valence-electron chi connectivity index (χ0n) is 12.7. The Hall–Kier alpha value is -1.32. The van der Waals surface area contributed by atoms with Crippen LogP contribution >= 0.6 is 15.9 Å². The lowest BCUT2D eigenvalue weighted by molar-refractivity contribution is 0.302. The second-order valence-electron chi connectivity index (χ2n) is 5.07. The van der Waals surface area contributed by atoms with Gasteiger partial charge >= 0.3 is 0 Å². The fourth-order valence-electron chi connectivity index (χ4n) is 2.23. The summed E-state index contributed by atoms with van der Waals surface area (Å²) in [5, 5.41) is 3.37. The Balaban J connectivity index is 2.04.